The summed E-state index contributed by atoms with van der Waals surface area (Å²) < 4.78 is 0. The van der Waals surface area contributed by atoms with Crippen molar-refractivity contribution >= 4 is 17.2 Å². The summed E-state index contributed by atoms with van der Waals surface area (Å²) in [6.07, 6.45) is 3.89. The number of pyridine rings is 1. The highest BCUT2D eigenvalue weighted by Crippen LogP contribution is 2.13. The monoisotopic (exact) mass is 303 g/mol. The van der Waals surface area contributed by atoms with Gasteiger partial charge in [-0.25, -0.2) is 4.98 Å². The zero-order valence-electron chi connectivity index (χ0n) is 12.7. The number of nitrogens with zero attached hydrogens (tertiary/aromatic N) is 2. The molecule has 0 bridgehead atoms. The minimum absolute atomic E-state index is 0.0177. The third-order valence-electron chi connectivity index (χ3n) is 2.78. The summed E-state index contributed by atoms with van der Waals surface area (Å²) in [5.41, 5.74) is 1.71. The Balaban J connectivity index is 1.85. The molecule has 0 unspecified atom stereocenters. The summed E-state index contributed by atoms with van der Waals surface area (Å²) >= 11 is 1.61. The molecule has 0 aromatic carbocycles. The van der Waals surface area contributed by atoms with Crippen LogP contribution < -0.4 is 5.32 Å². The maximum absolute atomic E-state index is 11.9. The number of aryl methyl sites for hydroxylation is 2. The molecule has 0 aliphatic heterocycles. The molecule has 0 spiro atoms. The van der Waals surface area contributed by atoms with Gasteiger partial charge in [0.15, 0.2) is 0 Å². The fourth-order valence-corrected chi connectivity index (χ4v) is 2.75. The van der Waals surface area contributed by atoms with Crippen molar-refractivity contribution < 1.29 is 4.79 Å². The first-order chi connectivity index (χ1) is 9.92. The van der Waals surface area contributed by atoms with Crippen molar-refractivity contribution in [3.63, 3.8) is 0 Å². The van der Waals surface area contributed by atoms with Gasteiger partial charge in [0.05, 0.1) is 17.1 Å². The van der Waals surface area contributed by atoms with E-state index in [0.717, 1.165) is 29.2 Å². The van der Waals surface area contributed by atoms with Crippen molar-refractivity contribution in [2.75, 3.05) is 0 Å². The quantitative estimate of drug-likeness (QED) is 0.924. The van der Waals surface area contributed by atoms with E-state index in [0.29, 0.717) is 6.42 Å². The second-order valence-electron chi connectivity index (χ2n) is 6.03. The number of hydrogen-bond acceptors (Lipinski definition) is 4. The van der Waals surface area contributed by atoms with Crippen LogP contribution in [0.2, 0.25) is 0 Å². The van der Waals surface area contributed by atoms with Crippen molar-refractivity contribution in [3.8, 4) is 0 Å². The van der Waals surface area contributed by atoms with Crippen LogP contribution >= 0.6 is 11.3 Å². The van der Waals surface area contributed by atoms with Gasteiger partial charge in [-0.1, -0.05) is 6.07 Å². The van der Waals surface area contributed by atoms with Crippen molar-refractivity contribution in [2.24, 2.45) is 0 Å². The van der Waals surface area contributed by atoms with Crippen LogP contribution in [0.1, 0.15) is 37.2 Å². The van der Waals surface area contributed by atoms with Crippen molar-refractivity contribution in [2.45, 2.75) is 45.6 Å². The summed E-state index contributed by atoms with van der Waals surface area (Å²) in [4.78, 5) is 20.7. The van der Waals surface area contributed by atoms with E-state index < -0.39 is 0 Å². The average Bonchev–Trinajstić information content (AvgIpc) is 2.83. The smallest absolute Gasteiger partial charge is 0.226 e. The first-order valence-corrected chi connectivity index (χ1v) is 7.94. The molecule has 2 rings (SSSR count). The summed E-state index contributed by atoms with van der Waals surface area (Å²) in [6.45, 7) is 5.93. The van der Waals surface area contributed by atoms with Crippen molar-refractivity contribution in [3.05, 3.63) is 46.2 Å². The summed E-state index contributed by atoms with van der Waals surface area (Å²) in [7, 11) is 0. The lowest BCUT2D eigenvalue weighted by Crippen LogP contribution is -2.41. The normalized spacial score (nSPS) is 11.4. The van der Waals surface area contributed by atoms with Gasteiger partial charge in [-0.05, 0) is 39.3 Å². The van der Waals surface area contributed by atoms with Gasteiger partial charge in [0.2, 0.25) is 5.91 Å². The minimum Gasteiger partial charge on any atom is -0.351 e. The van der Waals surface area contributed by atoms with Crippen LogP contribution in [0.5, 0.6) is 0 Å². The predicted octanol–water partition coefficient (Wildman–Crippen LogP) is 2.78. The third kappa shape index (κ3) is 5.63. The SMILES string of the molecule is CC(C)(C)NC(=O)Cc1csc(CCc2ccccn2)n1. The number of hydrogen-bond donors (Lipinski definition) is 1. The molecule has 1 amide bonds. The van der Waals surface area contributed by atoms with Crippen LogP contribution in [0, 0.1) is 0 Å². The summed E-state index contributed by atoms with van der Waals surface area (Å²) in [5, 5.41) is 5.97. The Hall–Kier alpha value is -1.75. The maximum atomic E-state index is 11.9. The molecular weight excluding hydrogens is 282 g/mol. The van der Waals surface area contributed by atoms with E-state index in [-0.39, 0.29) is 11.4 Å². The average molecular weight is 303 g/mol. The van der Waals surface area contributed by atoms with Crippen LogP contribution in [0.4, 0.5) is 0 Å². The van der Waals surface area contributed by atoms with Crippen LogP contribution in [-0.2, 0) is 24.1 Å². The van der Waals surface area contributed by atoms with E-state index >= 15 is 0 Å². The molecule has 0 radical (unpaired) electrons. The molecule has 1 N–H and O–H groups in total. The fraction of sp³-hybridized carbons (Fsp3) is 0.438. The minimum atomic E-state index is -0.199. The van der Waals surface area contributed by atoms with Gasteiger partial charge >= 0.3 is 0 Å². The molecular formula is C16H21N3OS. The molecule has 0 saturated heterocycles. The highest BCUT2D eigenvalue weighted by molar-refractivity contribution is 7.09. The number of rotatable bonds is 5. The second-order valence-corrected chi connectivity index (χ2v) is 6.97. The number of thiazole rings is 1. The molecule has 21 heavy (non-hydrogen) atoms. The van der Waals surface area contributed by atoms with Gasteiger partial charge in [0.25, 0.3) is 0 Å². The topological polar surface area (TPSA) is 54.9 Å². The third-order valence-corrected chi connectivity index (χ3v) is 3.73. The summed E-state index contributed by atoms with van der Waals surface area (Å²) in [6, 6.07) is 5.93. The van der Waals surface area contributed by atoms with E-state index in [4.69, 9.17) is 0 Å². The molecule has 0 atom stereocenters. The number of nitrogens with one attached hydrogen (secondary N) is 1. The Morgan fingerprint density at radius 3 is 2.71 bits per heavy atom. The van der Waals surface area contributed by atoms with E-state index in [1.807, 2.05) is 44.4 Å². The molecule has 2 aromatic heterocycles. The molecule has 112 valence electrons. The van der Waals surface area contributed by atoms with Gasteiger partial charge < -0.3 is 5.32 Å². The van der Waals surface area contributed by atoms with E-state index in [2.05, 4.69) is 15.3 Å². The summed E-state index contributed by atoms with van der Waals surface area (Å²) in [5.74, 6) is 0.0177. The van der Waals surface area contributed by atoms with Gasteiger partial charge in [0.1, 0.15) is 0 Å². The van der Waals surface area contributed by atoms with Gasteiger partial charge in [-0.2, -0.15) is 0 Å². The molecule has 2 heterocycles. The zero-order chi connectivity index (χ0) is 15.3. The first-order valence-electron chi connectivity index (χ1n) is 7.06. The van der Waals surface area contributed by atoms with Gasteiger partial charge in [0, 0.05) is 29.2 Å². The van der Waals surface area contributed by atoms with Crippen LogP contribution in [0.3, 0.4) is 0 Å². The Labute approximate surface area is 129 Å². The maximum Gasteiger partial charge on any atom is 0.226 e. The Morgan fingerprint density at radius 1 is 1.24 bits per heavy atom. The highest BCUT2D eigenvalue weighted by atomic mass is 32.1. The van der Waals surface area contributed by atoms with Gasteiger partial charge in [-0.3, -0.25) is 9.78 Å². The number of carbonyl (C=O) groups excluding carboxylic acids is 1. The second kappa shape index (κ2) is 6.80. The largest absolute Gasteiger partial charge is 0.351 e. The Kier molecular flexibility index (Phi) is 5.07. The highest BCUT2D eigenvalue weighted by Gasteiger charge is 2.15. The zero-order valence-corrected chi connectivity index (χ0v) is 13.5. The molecule has 5 heteroatoms. The molecule has 4 nitrogen and oxygen atoms in total. The molecule has 2 aromatic rings. The number of amides is 1. The lowest BCUT2D eigenvalue weighted by atomic mass is 10.1. The molecule has 0 aliphatic rings. The lowest BCUT2D eigenvalue weighted by Gasteiger charge is -2.20. The van der Waals surface area contributed by atoms with E-state index in [9.17, 15) is 4.79 Å². The van der Waals surface area contributed by atoms with Crippen molar-refractivity contribution in [1.29, 1.82) is 0 Å². The van der Waals surface area contributed by atoms with E-state index in [1.54, 1.807) is 17.5 Å². The standard InChI is InChI=1S/C16H21N3OS/c1-16(2,3)19-14(20)10-13-11-21-15(18-13)8-7-12-6-4-5-9-17-12/h4-6,9,11H,7-8,10H2,1-3H3,(H,19,20). The fourth-order valence-electron chi connectivity index (χ4n) is 1.95. The number of carbonyl (C=O) groups is 1. The van der Waals surface area contributed by atoms with Crippen LogP contribution in [0.15, 0.2) is 29.8 Å². The van der Waals surface area contributed by atoms with Crippen molar-refractivity contribution in [1.82, 2.24) is 15.3 Å². The Morgan fingerprint density at radius 2 is 2.05 bits per heavy atom. The van der Waals surface area contributed by atoms with Gasteiger partial charge in [-0.15, -0.1) is 11.3 Å². The van der Waals surface area contributed by atoms with E-state index in [1.165, 1.54) is 0 Å². The van der Waals surface area contributed by atoms with Crippen LogP contribution in [0.25, 0.3) is 0 Å². The molecule has 0 saturated carbocycles. The number of aromatic nitrogens is 2. The Bertz CT molecular complexity index is 587. The predicted molar refractivity (Wildman–Crippen MR) is 85.4 cm³/mol. The molecule has 0 fully saturated rings. The molecule has 0 aliphatic carbocycles. The van der Waals surface area contributed by atoms with Crippen LogP contribution in [-0.4, -0.2) is 21.4 Å². The first kappa shape index (κ1) is 15.6. The lowest BCUT2D eigenvalue weighted by molar-refractivity contribution is -0.121.